The predicted octanol–water partition coefficient (Wildman–Crippen LogP) is 2.77. The van der Waals surface area contributed by atoms with Gasteiger partial charge >= 0.3 is 0 Å². The van der Waals surface area contributed by atoms with Crippen molar-refractivity contribution in [2.24, 2.45) is 16.8 Å². The van der Waals surface area contributed by atoms with Crippen molar-refractivity contribution < 1.29 is 5.11 Å². The van der Waals surface area contributed by atoms with Gasteiger partial charge < -0.3 is 5.11 Å². The van der Waals surface area contributed by atoms with E-state index in [0.717, 1.165) is 36.5 Å². The van der Waals surface area contributed by atoms with Gasteiger partial charge in [-0.2, -0.15) is 0 Å². The van der Waals surface area contributed by atoms with Gasteiger partial charge in [0.25, 0.3) is 0 Å². The zero-order valence-electron chi connectivity index (χ0n) is 10.3. The molecule has 0 aliphatic heterocycles. The van der Waals surface area contributed by atoms with Crippen LogP contribution in [0, 0.1) is 11.8 Å². The third-order valence-corrected chi connectivity index (χ3v) is 4.54. The number of aliphatic hydroxyl groups is 1. The predicted molar refractivity (Wildman–Crippen MR) is 69.1 cm³/mol. The minimum atomic E-state index is -0.803. The van der Waals surface area contributed by atoms with Gasteiger partial charge in [-0.15, -0.1) is 0 Å². The molecule has 0 spiro atoms. The molecule has 0 saturated heterocycles. The summed E-state index contributed by atoms with van der Waals surface area (Å²) in [5.41, 5.74) is 1.21. The van der Waals surface area contributed by atoms with E-state index in [1.807, 2.05) is 37.4 Å². The molecular formula is C15H19NO. The monoisotopic (exact) mass is 229 g/mol. The molecule has 0 amide bonds. The summed E-state index contributed by atoms with van der Waals surface area (Å²) in [6, 6.07) is 10.1. The van der Waals surface area contributed by atoms with E-state index in [-0.39, 0.29) is 0 Å². The third-order valence-electron chi connectivity index (χ3n) is 4.54. The Morgan fingerprint density at radius 3 is 2.71 bits per heavy atom. The Bertz CT molecular complexity index is 439. The van der Waals surface area contributed by atoms with Crippen molar-refractivity contribution in [2.45, 2.75) is 31.3 Å². The van der Waals surface area contributed by atoms with Crippen LogP contribution in [-0.4, -0.2) is 17.9 Å². The molecule has 1 aromatic carbocycles. The van der Waals surface area contributed by atoms with Crippen LogP contribution in [-0.2, 0) is 5.60 Å². The van der Waals surface area contributed by atoms with Gasteiger partial charge in [0.15, 0.2) is 0 Å². The fourth-order valence-corrected chi connectivity index (χ4v) is 3.66. The first-order chi connectivity index (χ1) is 8.25. The highest BCUT2D eigenvalue weighted by atomic mass is 16.3. The number of fused-ring (bicyclic) bond motifs is 2. The van der Waals surface area contributed by atoms with E-state index < -0.39 is 5.60 Å². The lowest BCUT2D eigenvalue weighted by Gasteiger charge is -2.39. The maximum Gasteiger partial charge on any atom is 0.130 e. The van der Waals surface area contributed by atoms with Crippen molar-refractivity contribution >= 4 is 5.71 Å². The summed E-state index contributed by atoms with van der Waals surface area (Å²) in [4.78, 5) is 4.38. The van der Waals surface area contributed by atoms with E-state index in [1.54, 1.807) is 0 Å². The molecule has 3 rings (SSSR count). The lowest BCUT2D eigenvalue weighted by Crippen LogP contribution is -2.45. The molecule has 0 heterocycles. The van der Waals surface area contributed by atoms with Gasteiger partial charge in [-0.05, 0) is 43.1 Å². The summed E-state index contributed by atoms with van der Waals surface area (Å²) < 4.78 is 0. The van der Waals surface area contributed by atoms with Gasteiger partial charge in [-0.3, -0.25) is 4.99 Å². The van der Waals surface area contributed by atoms with Crippen molar-refractivity contribution in [3.8, 4) is 0 Å². The number of benzene rings is 1. The number of hydrogen-bond donors (Lipinski definition) is 1. The zero-order chi connectivity index (χ0) is 11.9. The molecule has 2 aliphatic carbocycles. The average Bonchev–Trinajstić information content (AvgIpc) is 2.80. The Morgan fingerprint density at radius 2 is 2.00 bits per heavy atom. The quantitative estimate of drug-likeness (QED) is 0.789. The topological polar surface area (TPSA) is 32.6 Å². The maximum atomic E-state index is 11.2. The van der Waals surface area contributed by atoms with Gasteiger partial charge in [0.2, 0.25) is 0 Å². The highest BCUT2D eigenvalue weighted by molar-refractivity contribution is 5.94. The van der Waals surface area contributed by atoms with E-state index in [2.05, 4.69) is 4.99 Å². The Kier molecular flexibility index (Phi) is 2.55. The van der Waals surface area contributed by atoms with Crippen LogP contribution in [0.15, 0.2) is 35.3 Å². The van der Waals surface area contributed by atoms with Crippen LogP contribution in [0.2, 0.25) is 0 Å². The molecule has 2 heteroatoms. The summed E-state index contributed by atoms with van der Waals surface area (Å²) in [5, 5.41) is 11.2. The number of hydrogen-bond acceptors (Lipinski definition) is 2. The normalized spacial score (nSPS) is 38.6. The first-order valence-electron chi connectivity index (χ1n) is 6.49. The van der Waals surface area contributed by atoms with Gasteiger partial charge in [-0.25, -0.2) is 0 Å². The summed E-state index contributed by atoms with van der Waals surface area (Å²) in [7, 11) is 1.81. The maximum absolute atomic E-state index is 11.2. The minimum Gasteiger partial charge on any atom is -0.379 e. The fourth-order valence-electron chi connectivity index (χ4n) is 3.66. The fraction of sp³-hybridized carbons (Fsp3) is 0.533. The highest BCUT2D eigenvalue weighted by Gasteiger charge is 2.50. The van der Waals surface area contributed by atoms with E-state index in [1.165, 1.54) is 6.42 Å². The van der Waals surface area contributed by atoms with Crippen LogP contribution in [0.5, 0.6) is 0 Å². The smallest absolute Gasteiger partial charge is 0.130 e. The molecule has 0 radical (unpaired) electrons. The molecule has 1 aromatic rings. The average molecular weight is 229 g/mol. The van der Waals surface area contributed by atoms with Crippen molar-refractivity contribution in [2.75, 3.05) is 7.05 Å². The molecular weight excluding hydrogens is 210 g/mol. The molecule has 3 atom stereocenters. The van der Waals surface area contributed by atoms with Gasteiger partial charge in [0.1, 0.15) is 5.60 Å². The van der Waals surface area contributed by atoms with Gasteiger partial charge in [0, 0.05) is 12.8 Å². The Morgan fingerprint density at radius 1 is 1.24 bits per heavy atom. The van der Waals surface area contributed by atoms with Crippen molar-refractivity contribution in [1.82, 2.24) is 0 Å². The summed E-state index contributed by atoms with van der Waals surface area (Å²) >= 11 is 0. The number of aliphatic imine (C=N–C) groups is 1. The standard InChI is InChI=1S/C15H19NO/c1-16-14-10-11-7-8-13(9-11)15(14,17)12-5-3-2-4-6-12/h2-6,11,13,17H,7-10H2,1H3. The summed E-state index contributed by atoms with van der Waals surface area (Å²) in [5.74, 6) is 1.12. The minimum absolute atomic E-state index is 0.363. The van der Waals surface area contributed by atoms with Crippen LogP contribution < -0.4 is 0 Å². The molecule has 17 heavy (non-hydrogen) atoms. The Balaban J connectivity index is 2.09. The largest absolute Gasteiger partial charge is 0.379 e. The third kappa shape index (κ3) is 1.54. The molecule has 2 aliphatic rings. The molecule has 2 saturated carbocycles. The van der Waals surface area contributed by atoms with E-state index >= 15 is 0 Å². The summed E-state index contributed by atoms with van der Waals surface area (Å²) in [6.07, 6.45) is 4.51. The van der Waals surface area contributed by atoms with Crippen molar-refractivity contribution in [3.05, 3.63) is 35.9 Å². The molecule has 0 aromatic heterocycles. The zero-order valence-corrected chi connectivity index (χ0v) is 10.3. The number of rotatable bonds is 1. The molecule has 1 N–H and O–H groups in total. The Labute approximate surface area is 102 Å². The lowest BCUT2D eigenvalue weighted by molar-refractivity contribution is 0.0354. The first kappa shape index (κ1) is 11.0. The van der Waals surface area contributed by atoms with Crippen molar-refractivity contribution in [1.29, 1.82) is 0 Å². The van der Waals surface area contributed by atoms with Crippen molar-refractivity contribution in [3.63, 3.8) is 0 Å². The van der Waals surface area contributed by atoms with E-state index in [0.29, 0.717) is 5.92 Å². The van der Waals surface area contributed by atoms with Crippen LogP contribution in [0.1, 0.15) is 31.2 Å². The first-order valence-corrected chi connectivity index (χ1v) is 6.49. The SMILES string of the molecule is CN=C1CC2CCC(C2)C1(O)c1ccccc1. The van der Waals surface area contributed by atoms with Crippen LogP contribution in [0.25, 0.3) is 0 Å². The lowest BCUT2D eigenvalue weighted by atomic mass is 9.71. The molecule has 3 unspecified atom stereocenters. The molecule has 90 valence electrons. The van der Waals surface area contributed by atoms with Crippen LogP contribution >= 0.6 is 0 Å². The highest BCUT2D eigenvalue weighted by Crippen LogP contribution is 2.50. The van der Waals surface area contributed by atoms with Gasteiger partial charge in [-0.1, -0.05) is 30.3 Å². The second kappa shape index (κ2) is 3.95. The molecule has 2 fully saturated rings. The molecule has 2 bridgehead atoms. The Hall–Kier alpha value is -1.15. The van der Waals surface area contributed by atoms with Crippen LogP contribution in [0.3, 0.4) is 0 Å². The molecule has 2 nitrogen and oxygen atoms in total. The number of nitrogens with zero attached hydrogens (tertiary/aromatic N) is 1. The summed E-state index contributed by atoms with van der Waals surface area (Å²) in [6.45, 7) is 0. The van der Waals surface area contributed by atoms with E-state index in [4.69, 9.17) is 0 Å². The second-order valence-electron chi connectivity index (χ2n) is 5.38. The van der Waals surface area contributed by atoms with Crippen LogP contribution in [0.4, 0.5) is 0 Å². The van der Waals surface area contributed by atoms with Gasteiger partial charge in [0.05, 0.1) is 0 Å². The second-order valence-corrected chi connectivity index (χ2v) is 5.38. The van der Waals surface area contributed by atoms with E-state index in [9.17, 15) is 5.11 Å².